The van der Waals surface area contributed by atoms with Crippen LogP contribution in [-0.2, 0) is 12.8 Å². The maximum atomic E-state index is 6.08. The Bertz CT molecular complexity index is 742. The van der Waals surface area contributed by atoms with Gasteiger partial charge in [0, 0.05) is 5.56 Å². The molecule has 5 heteroatoms. The van der Waals surface area contributed by atoms with Gasteiger partial charge in [-0.3, -0.25) is 0 Å². The van der Waals surface area contributed by atoms with Crippen LogP contribution in [0.4, 0.5) is 5.82 Å². The number of thiazole rings is 1. The largest absolute Gasteiger partial charge is 0.382 e. The third kappa shape index (κ3) is 1.51. The van der Waals surface area contributed by atoms with Crippen molar-refractivity contribution in [3.63, 3.8) is 0 Å². The lowest BCUT2D eigenvalue weighted by Crippen LogP contribution is -2.05. The molecule has 2 heterocycles. The average molecular weight is 268 g/mol. The van der Waals surface area contributed by atoms with Crippen LogP contribution >= 0.6 is 11.3 Å². The minimum Gasteiger partial charge on any atom is -0.382 e. The van der Waals surface area contributed by atoms with E-state index in [-0.39, 0.29) is 0 Å². The van der Waals surface area contributed by atoms with Gasteiger partial charge in [0.1, 0.15) is 5.82 Å². The van der Waals surface area contributed by atoms with E-state index in [0.717, 1.165) is 35.5 Å². The highest BCUT2D eigenvalue weighted by Crippen LogP contribution is 2.39. The molecule has 0 bridgehead atoms. The first-order valence-electron chi connectivity index (χ1n) is 6.20. The lowest BCUT2D eigenvalue weighted by atomic mass is 9.99. The summed E-state index contributed by atoms with van der Waals surface area (Å²) in [6.07, 6.45) is 1.88. The molecule has 2 N–H and O–H groups in total. The van der Waals surface area contributed by atoms with Crippen LogP contribution < -0.4 is 5.73 Å². The Kier molecular flexibility index (Phi) is 2.22. The molecule has 3 aromatic rings. The van der Waals surface area contributed by atoms with Crippen LogP contribution in [0.5, 0.6) is 0 Å². The van der Waals surface area contributed by atoms with Gasteiger partial charge < -0.3 is 5.73 Å². The second-order valence-electron chi connectivity index (χ2n) is 4.59. The number of hydrogen-bond acceptors (Lipinski definition) is 4. The zero-order valence-electron chi connectivity index (χ0n) is 10.2. The van der Waals surface area contributed by atoms with Crippen LogP contribution in [0.1, 0.15) is 11.3 Å². The number of aryl methyl sites for hydroxylation is 1. The van der Waals surface area contributed by atoms with Crippen molar-refractivity contribution in [2.24, 2.45) is 0 Å². The molecule has 4 nitrogen and oxygen atoms in total. The number of nitrogens with zero attached hydrogens (tertiary/aromatic N) is 3. The summed E-state index contributed by atoms with van der Waals surface area (Å²) in [5.74, 6) is 0.637. The summed E-state index contributed by atoms with van der Waals surface area (Å²) in [5.41, 5.74) is 12.5. The summed E-state index contributed by atoms with van der Waals surface area (Å²) in [4.78, 5) is 5.64. The van der Waals surface area contributed by atoms with Crippen LogP contribution in [0, 0.1) is 0 Å². The highest BCUT2D eigenvalue weighted by atomic mass is 32.1. The lowest BCUT2D eigenvalue weighted by Gasteiger charge is -2.13. The standard InChI is InChI=1S/C14H12N4S/c15-14-10-6-7-11-13(19-8-16-11)12(10)18(17-14)9-4-2-1-3-5-9/h1-5,8H,6-7H2,(H2,15,17). The van der Waals surface area contributed by atoms with Gasteiger partial charge in [0.05, 0.1) is 27.5 Å². The van der Waals surface area contributed by atoms with Gasteiger partial charge in [-0.15, -0.1) is 16.4 Å². The highest BCUT2D eigenvalue weighted by molar-refractivity contribution is 7.13. The zero-order valence-corrected chi connectivity index (χ0v) is 11.0. The van der Waals surface area contributed by atoms with Crippen LogP contribution in [0.25, 0.3) is 16.3 Å². The smallest absolute Gasteiger partial charge is 0.149 e. The van der Waals surface area contributed by atoms with Crippen molar-refractivity contribution in [2.75, 3.05) is 5.73 Å². The van der Waals surface area contributed by atoms with Crippen LogP contribution in [0.2, 0.25) is 0 Å². The molecule has 19 heavy (non-hydrogen) atoms. The van der Waals surface area contributed by atoms with E-state index in [1.54, 1.807) is 11.3 Å². The molecule has 0 saturated heterocycles. The fraction of sp³-hybridized carbons (Fsp3) is 0.143. The fourth-order valence-electron chi connectivity index (χ4n) is 2.59. The summed E-state index contributed by atoms with van der Waals surface area (Å²) < 4.78 is 1.95. The summed E-state index contributed by atoms with van der Waals surface area (Å²) in [6.45, 7) is 0. The predicted molar refractivity (Wildman–Crippen MR) is 76.5 cm³/mol. The van der Waals surface area contributed by atoms with Gasteiger partial charge in [0.2, 0.25) is 0 Å². The van der Waals surface area contributed by atoms with Gasteiger partial charge in [0.15, 0.2) is 0 Å². The van der Waals surface area contributed by atoms with Gasteiger partial charge in [-0.1, -0.05) is 18.2 Å². The van der Waals surface area contributed by atoms with Crippen LogP contribution in [0.15, 0.2) is 35.8 Å². The number of benzene rings is 1. The molecule has 1 aliphatic carbocycles. The molecule has 0 fully saturated rings. The monoisotopic (exact) mass is 268 g/mol. The van der Waals surface area contributed by atoms with Gasteiger partial charge in [-0.25, -0.2) is 9.67 Å². The van der Waals surface area contributed by atoms with E-state index in [0.29, 0.717) is 5.82 Å². The Morgan fingerprint density at radius 1 is 1.16 bits per heavy atom. The topological polar surface area (TPSA) is 56.7 Å². The number of nitrogen functional groups attached to an aromatic ring is 1. The molecule has 4 rings (SSSR count). The molecule has 0 amide bonds. The molecule has 0 radical (unpaired) electrons. The number of anilines is 1. The molecule has 1 aromatic carbocycles. The summed E-state index contributed by atoms with van der Waals surface area (Å²) in [6, 6.07) is 10.1. The number of hydrogen-bond donors (Lipinski definition) is 1. The first-order chi connectivity index (χ1) is 9.34. The van der Waals surface area contributed by atoms with Gasteiger partial charge >= 0.3 is 0 Å². The molecule has 2 aromatic heterocycles. The van der Waals surface area contributed by atoms with E-state index in [1.807, 2.05) is 40.5 Å². The van der Waals surface area contributed by atoms with Crippen molar-refractivity contribution in [1.29, 1.82) is 0 Å². The summed E-state index contributed by atoms with van der Waals surface area (Å²) in [5, 5.41) is 4.51. The molecule has 0 spiro atoms. The minimum absolute atomic E-state index is 0.637. The second-order valence-corrected chi connectivity index (χ2v) is 5.44. The van der Waals surface area contributed by atoms with E-state index in [2.05, 4.69) is 10.1 Å². The van der Waals surface area contributed by atoms with Gasteiger partial charge in [0.25, 0.3) is 0 Å². The summed E-state index contributed by atoms with van der Waals surface area (Å²) >= 11 is 1.66. The Morgan fingerprint density at radius 2 is 2.00 bits per heavy atom. The molecule has 94 valence electrons. The van der Waals surface area contributed by atoms with E-state index >= 15 is 0 Å². The normalized spacial score (nSPS) is 13.1. The molecule has 0 saturated carbocycles. The fourth-order valence-corrected chi connectivity index (χ4v) is 3.48. The number of rotatable bonds is 1. The van der Waals surface area contributed by atoms with Crippen molar-refractivity contribution in [3.8, 4) is 16.3 Å². The zero-order chi connectivity index (χ0) is 12.8. The average Bonchev–Trinajstić information content (AvgIpc) is 3.04. The van der Waals surface area contributed by atoms with Crippen molar-refractivity contribution in [1.82, 2.24) is 14.8 Å². The molecule has 0 aliphatic heterocycles. The third-order valence-electron chi connectivity index (χ3n) is 3.48. The van der Waals surface area contributed by atoms with Crippen molar-refractivity contribution in [3.05, 3.63) is 47.1 Å². The van der Waals surface area contributed by atoms with Gasteiger partial charge in [-0.05, 0) is 25.0 Å². The SMILES string of the molecule is Nc1nn(-c2ccccc2)c2c1CCc1ncsc1-2. The van der Waals surface area contributed by atoms with Crippen LogP contribution in [-0.4, -0.2) is 14.8 Å². The van der Waals surface area contributed by atoms with E-state index in [9.17, 15) is 0 Å². The molecule has 1 aliphatic rings. The van der Waals surface area contributed by atoms with E-state index < -0.39 is 0 Å². The Hall–Kier alpha value is -2.14. The van der Waals surface area contributed by atoms with Gasteiger partial charge in [-0.2, -0.15) is 0 Å². The third-order valence-corrected chi connectivity index (χ3v) is 4.36. The Labute approximate surface area is 114 Å². The Morgan fingerprint density at radius 3 is 2.84 bits per heavy atom. The quantitative estimate of drug-likeness (QED) is 0.738. The molecule has 0 unspecified atom stereocenters. The minimum atomic E-state index is 0.637. The Balaban J connectivity index is 2.01. The molecular formula is C14H12N4S. The predicted octanol–water partition coefficient (Wildman–Crippen LogP) is 2.68. The first-order valence-corrected chi connectivity index (χ1v) is 7.08. The number of aromatic nitrogens is 3. The molecular weight excluding hydrogens is 256 g/mol. The maximum Gasteiger partial charge on any atom is 0.149 e. The summed E-state index contributed by atoms with van der Waals surface area (Å²) in [7, 11) is 0. The number of fused-ring (bicyclic) bond motifs is 3. The van der Waals surface area contributed by atoms with Crippen LogP contribution in [0.3, 0.4) is 0 Å². The van der Waals surface area contributed by atoms with Crippen molar-refractivity contribution in [2.45, 2.75) is 12.8 Å². The van der Waals surface area contributed by atoms with E-state index in [1.165, 1.54) is 4.88 Å². The van der Waals surface area contributed by atoms with Crippen molar-refractivity contribution >= 4 is 17.2 Å². The van der Waals surface area contributed by atoms with Crippen molar-refractivity contribution < 1.29 is 0 Å². The highest BCUT2D eigenvalue weighted by Gasteiger charge is 2.26. The second kappa shape index (κ2) is 3.93. The lowest BCUT2D eigenvalue weighted by molar-refractivity contribution is 0.872. The number of nitrogens with two attached hydrogens (primary N) is 1. The molecule has 0 atom stereocenters. The maximum absolute atomic E-state index is 6.08. The number of para-hydroxylation sites is 1. The van der Waals surface area contributed by atoms with E-state index in [4.69, 9.17) is 5.73 Å². The first kappa shape index (κ1) is 10.8.